The molecule has 0 aliphatic heterocycles. The summed E-state index contributed by atoms with van der Waals surface area (Å²) in [4.78, 5) is 18.7. The molecule has 0 saturated carbocycles. The Bertz CT molecular complexity index is 7910. The highest BCUT2D eigenvalue weighted by molar-refractivity contribution is 9.11. The van der Waals surface area contributed by atoms with E-state index in [1.165, 1.54) is 69.8 Å². The second kappa shape index (κ2) is 40.7. The minimum Gasteiger partial charge on any atom is -0.456 e. The number of rotatable bonds is 18. The summed E-state index contributed by atoms with van der Waals surface area (Å²) in [6, 6.07) is 176. The number of furan rings is 1. The predicted octanol–water partition coefficient (Wildman–Crippen LogP) is 38.2. The number of thiophene rings is 1. The molecule has 24 aromatic rings. The van der Waals surface area contributed by atoms with E-state index in [2.05, 4.69) is 531 Å². The molecule has 0 unspecified atom stereocenters. The number of para-hydroxylation sites is 3. The molecule has 0 fully saturated rings. The lowest BCUT2D eigenvalue weighted by Gasteiger charge is -2.26. The van der Waals surface area contributed by atoms with Crippen LogP contribution in [0.1, 0.15) is 0 Å². The Morgan fingerprint density at radius 1 is 0.197 bits per heavy atom. The molecular formula is C124H85Br4N7OS. The third-order valence-electron chi connectivity index (χ3n) is 24.4. The van der Waals surface area contributed by atoms with Gasteiger partial charge in [0.25, 0.3) is 0 Å². The van der Waals surface area contributed by atoms with Crippen LogP contribution in [0.5, 0.6) is 0 Å². The van der Waals surface area contributed by atoms with Crippen molar-refractivity contribution in [2.75, 3.05) is 19.6 Å². The van der Waals surface area contributed by atoms with Gasteiger partial charge in [-0.05, 0) is 270 Å². The number of benzene rings is 19. The van der Waals surface area contributed by atoms with Crippen molar-refractivity contribution in [3.8, 4) is 61.6 Å². The van der Waals surface area contributed by atoms with E-state index in [0.717, 1.165) is 142 Å². The zero-order valence-corrected chi connectivity index (χ0v) is 81.2. The van der Waals surface area contributed by atoms with Crippen molar-refractivity contribution in [1.82, 2.24) is 14.5 Å². The Kier molecular flexibility index (Phi) is 26.2. The zero-order chi connectivity index (χ0) is 92.3. The summed E-state index contributed by atoms with van der Waals surface area (Å²) >= 11 is 16.1. The molecule has 0 aliphatic rings. The molecule has 19 aromatic carbocycles. The summed E-state index contributed by atoms with van der Waals surface area (Å²) in [6.45, 7) is 0. The van der Waals surface area contributed by atoms with E-state index in [0.29, 0.717) is 0 Å². The van der Waals surface area contributed by atoms with Gasteiger partial charge in [-0.1, -0.05) is 331 Å². The smallest absolute Gasteiger partial charge is 0.135 e. The van der Waals surface area contributed by atoms with E-state index in [1.54, 1.807) is 0 Å². The molecule has 5 aromatic heterocycles. The summed E-state index contributed by atoms with van der Waals surface area (Å²) in [5.41, 5.74) is 29.7. The van der Waals surface area contributed by atoms with Gasteiger partial charge in [-0.15, -0.1) is 11.3 Å². The molecule has 0 N–H and O–H groups in total. The van der Waals surface area contributed by atoms with Gasteiger partial charge in [0.15, 0.2) is 0 Å². The molecule has 5 heterocycles. The van der Waals surface area contributed by atoms with E-state index in [1.807, 2.05) is 84.4 Å². The highest BCUT2D eigenvalue weighted by atomic mass is 79.9. The van der Waals surface area contributed by atoms with Gasteiger partial charge >= 0.3 is 0 Å². The molecule has 0 bridgehead atoms. The monoisotopic (exact) mass is 2040 g/mol. The van der Waals surface area contributed by atoms with Crippen LogP contribution in [0.25, 0.3) is 125 Å². The van der Waals surface area contributed by atoms with Crippen LogP contribution in [0.3, 0.4) is 0 Å². The first-order valence-corrected chi connectivity index (χ1v) is 49.2. The molecule has 13 heteroatoms. The van der Waals surface area contributed by atoms with Crippen molar-refractivity contribution < 1.29 is 4.42 Å². The maximum Gasteiger partial charge on any atom is 0.135 e. The summed E-state index contributed by atoms with van der Waals surface area (Å²) in [5, 5.41) is 7.33. The first kappa shape index (κ1) is 88.0. The Labute approximate surface area is 833 Å². The van der Waals surface area contributed by atoms with Crippen LogP contribution in [-0.2, 0) is 0 Å². The fourth-order valence-corrected chi connectivity index (χ4v) is 19.8. The lowest BCUT2D eigenvalue weighted by molar-refractivity contribution is 0.669. The van der Waals surface area contributed by atoms with Crippen LogP contribution in [-0.4, -0.2) is 14.5 Å². The molecule has 0 radical (unpaired) electrons. The van der Waals surface area contributed by atoms with Gasteiger partial charge in [0, 0.05) is 133 Å². The summed E-state index contributed by atoms with van der Waals surface area (Å²) in [5.74, 6) is 0. The van der Waals surface area contributed by atoms with Crippen LogP contribution in [0, 0.1) is 0 Å². The molecule has 0 amide bonds. The molecule has 0 aliphatic carbocycles. The van der Waals surface area contributed by atoms with Gasteiger partial charge in [0.2, 0.25) is 0 Å². The summed E-state index contributed by atoms with van der Waals surface area (Å²) in [7, 11) is 0. The largest absolute Gasteiger partial charge is 0.456 e. The van der Waals surface area contributed by atoms with Gasteiger partial charge in [0.1, 0.15) is 11.2 Å². The molecular weight excluding hydrogens is 1960 g/mol. The number of aromatic nitrogens is 3. The maximum atomic E-state index is 6.05. The van der Waals surface area contributed by atoms with Crippen molar-refractivity contribution >= 4 is 207 Å². The second-order valence-corrected chi connectivity index (χ2v) is 37.7. The molecule has 137 heavy (non-hydrogen) atoms. The van der Waals surface area contributed by atoms with E-state index in [9.17, 15) is 0 Å². The van der Waals surface area contributed by atoms with Crippen LogP contribution < -0.4 is 19.6 Å². The van der Waals surface area contributed by atoms with Crippen molar-refractivity contribution in [3.05, 3.63) is 534 Å². The fraction of sp³-hybridized carbons (Fsp3) is 0. The number of halogens is 4. The Hall–Kier alpha value is -15.6. The number of hydrogen-bond donors (Lipinski definition) is 0. The molecule has 0 spiro atoms. The Morgan fingerprint density at radius 2 is 0.489 bits per heavy atom. The van der Waals surface area contributed by atoms with E-state index >= 15 is 0 Å². The maximum absolute atomic E-state index is 6.05. The van der Waals surface area contributed by atoms with Crippen LogP contribution in [0.2, 0.25) is 0 Å². The average molecular weight is 2040 g/mol. The van der Waals surface area contributed by atoms with Crippen LogP contribution in [0.15, 0.2) is 538 Å². The number of nitrogens with zero attached hydrogens (tertiary/aromatic N) is 7. The highest BCUT2D eigenvalue weighted by Crippen LogP contribution is 2.47. The minimum absolute atomic E-state index is 0.898. The van der Waals surface area contributed by atoms with Gasteiger partial charge in [-0.2, -0.15) is 0 Å². The van der Waals surface area contributed by atoms with Crippen molar-refractivity contribution in [2.24, 2.45) is 0 Å². The normalized spacial score (nSPS) is 11.1. The third-order valence-corrected chi connectivity index (χ3v) is 27.6. The SMILES string of the molecule is Brc1ccc(N(c2ccc(-c3ccccc3)cc2)c2ccc(-c3ccccc3)nc2)cc1.Brc1ccc(N(c2ccc(-c3ccccc3)cc2)c2ccc3oc4ccccc4c3c2)cc1.Brc1ccc(N(c2ccc(-c3ccccc3)cc2)c2ccc3sc4ccccc4c3c2)cc1.Brc1ccc(N(c2ccc(-c3ccccc3)nc2)c2ccc3c4ccccc4n(-c4ccccc4)c3c2)cc1. The van der Waals surface area contributed by atoms with Crippen molar-refractivity contribution in [1.29, 1.82) is 0 Å². The molecule has 8 nitrogen and oxygen atoms in total. The lowest BCUT2D eigenvalue weighted by Crippen LogP contribution is -2.10. The molecule has 656 valence electrons. The van der Waals surface area contributed by atoms with Gasteiger partial charge in [0.05, 0.1) is 46.2 Å². The van der Waals surface area contributed by atoms with Crippen molar-refractivity contribution in [2.45, 2.75) is 0 Å². The van der Waals surface area contributed by atoms with E-state index < -0.39 is 0 Å². The van der Waals surface area contributed by atoms with Crippen LogP contribution >= 0.6 is 75.1 Å². The average Bonchev–Trinajstić information content (AvgIpc) is 1.63. The van der Waals surface area contributed by atoms with Gasteiger partial charge in [-0.25, -0.2) is 0 Å². The molecule has 0 saturated heterocycles. The fourth-order valence-electron chi connectivity index (χ4n) is 17.7. The Morgan fingerprint density at radius 3 is 0.920 bits per heavy atom. The second-order valence-electron chi connectivity index (χ2n) is 33.0. The zero-order valence-electron chi connectivity index (χ0n) is 74.0. The lowest BCUT2D eigenvalue weighted by atomic mass is 10.0. The molecule has 24 rings (SSSR count). The van der Waals surface area contributed by atoms with Crippen LogP contribution in [0.4, 0.5) is 68.2 Å². The first-order valence-electron chi connectivity index (χ1n) is 45.2. The quantitative estimate of drug-likeness (QED) is 0.0848. The predicted molar refractivity (Wildman–Crippen MR) is 593 cm³/mol. The van der Waals surface area contributed by atoms with Gasteiger partial charge < -0.3 is 28.6 Å². The number of anilines is 12. The summed E-state index contributed by atoms with van der Waals surface area (Å²) < 4.78 is 15.3. The third kappa shape index (κ3) is 19.5. The highest BCUT2D eigenvalue weighted by Gasteiger charge is 2.23. The van der Waals surface area contributed by atoms with Crippen molar-refractivity contribution in [3.63, 3.8) is 0 Å². The van der Waals surface area contributed by atoms with E-state index in [4.69, 9.17) is 14.4 Å². The topological polar surface area (TPSA) is 56.8 Å². The standard InChI is InChI=1S/C35H24BrN3.C30H20BrNO.C30H20BrNS.C29H21BrN2/c36-26-15-17-28(18-16-26)38(30-20-22-33(37-24-30)25-9-3-1-4-10-25)29-19-21-32-31-13-7-8-14-34(31)39(35(32)23-29)27-11-5-2-6-12-27;2*31-23-12-16-25(17-13-23)32(24-14-10-22(11-15-24)21-6-2-1-3-7-21)26-18-19-30-28(20-26)27-8-4-5-9-29(27)33-30;30-25-13-17-27(18-14-25)32(26-15-11-23(12-16-26)22-7-3-1-4-8-22)28-19-20-29(31-21-28)24-9-5-2-6-10-24/h1-24H;2*1-20H;1-21H. The minimum atomic E-state index is 0.898. The summed E-state index contributed by atoms with van der Waals surface area (Å²) in [6.07, 6.45) is 3.90. The first-order chi connectivity index (χ1) is 67.6. The number of fused-ring (bicyclic) bond motifs is 9. The van der Waals surface area contributed by atoms with E-state index in [-0.39, 0.29) is 0 Å². The Balaban J connectivity index is 0.000000109. The number of hydrogen-bond acceptors (Lipinski definition) is 8. The number of pyridine rings is 2. The van der Waals surface area contributed by atoms with Gasteiger partial charge in [-0.3, -0.25) is 9.97 Å². The molecule has 0 atom stereocenters.